The maximum absolute atomic E-state index is 9.51. The fourth-order valence-electron chi connectivity index (χ4n) is 4.94. The molecule has 0 aliphatic carbocycles. The van der Waals surface area contributed by atoms with Gasteiger partial charge in [-0.2, -0.15) is 0 Å². The molecule has 4 aromatic rings. The smallest absolute Gasteiger partial charge is 0.116 e. The van der Waals surface area contributed by atoms with Crippen LogP contribution in [0.4, 0.5) is 0 Å². The van der Waals surface area contributed by atoms with Crippen LogP contribution in [0.25, 0.3) is 21.5 Å². The molecule has 186 valence electrons. The maximum atomic E-state index is 9.51. The Bertz CT molecular complexity index is 1310. The average molecular weight is 471 g/mol. The lowest BCUT2D eigenvalue weighted by atomic mass is 9.72. The lowest BCUT2D eigenvalue weighted by molar-refractivity contribution is 0.284. The summed E-state index contributed by atoms with van der Waals surface area (Å²) < 4.78 is 0. The van der Waals surface area contributed by atoms with Crippen LogP contribution in [-0.2, 0) is 10.8 Å². The molecular weight excluding hydrogens is 428 g/mol. The monoisotopic (exact) mass is 470 g/mol. The topological polar surface area (TPSA) is 40.5 Å². The summed E-state index contributed by atoms with van der Waals surface area (Å²) in [6.45, 7) is 18.2. The van der Waals surface area contributed by atoms with E-state index >= 15 is 0 Å². The number of phenolic OH excluding ortho intramolecular Hbond substituents is 2. The highest BCUT2D eigenvalue weighted by Gasteiger charge is 2.27. The van der Waals surface area contributed by atoms with Crippen molar-refractivity contribution in [3.8, 4) is 11.5 Å². The van der Waals surface area contributed by atoms with Gasteiger partial charge in [-0.05, 0) is 86.0 Å². The first-order valence-electron chi connectivity index (χ1n) is 12.7. The number of rotatable bonds is 4. The van der Waals surface area contributed by atoms with E-state index in [1.54, 1.807) is 18.2 Å². The van der Waals surface area contributed by atoms with Crippen molar-refractivity contribution in [2.75, 3.05) is 0 Å². The molecule has 2 N–H and O–H groups in total. The van der Waals surface area contributed by atoms with Gasteiger partial charge in [-0.15, -0.1) is 0 Å². The Balaban J connectivity index is 0.000000198. The maximum Gasteiger partial charge on any atom is 0.116 e. The number of phenols is 2. The summed E-state index contributed by atoms with van der Waals surface area (Å²) in [5.41, 5.74) is 3.40. The van der Waals surface area contributed by atoms with Crippen LogP contribution in [-0.4, -0.2) is 10.2 Å². The molecule has 35 heavy (non-hydrogen) atoms. The van der Waals surface area contributed by atoms with E-state index in [4.69, 9.17) is 0 Å². The quantitative estimate of drug-likeness (QED) is 0.312. The third-order valence-corrected chi connectivity index (χ3v) is 7.07. The number of hydrogen-bond donors (Lipinski definition) is 2. The number of fused-ring (bicyclic) bond motifs is 2. The van der Waals surface area contributed by atoms with Crippen molar-refractivity contribution in [2.24, 2.45) is 5.41 Å². The molecule has 0 fully saturated rings. The Morgan fingerprint density at radius 2 is 0.886 bits per heavy atom. The van der Waals surface area contributed by atoms with Crippen LogP contribution in [0.15, 0.2) is 72.8 Å². The van der Waals surface area contributed by atoms with E-state index in [0.29, 0.717) is 16.9 Å². The highest BCUT2D eigenvalue weighted by atomic mass is 16.3. The molecule has 0 unspecified atom stereocenters. The summed E-state index contributed by atoms with van der Waals surface area (Å²) in [6, 6.07) is 24.1. The Kier molecular flexibility index (Phi) is 7.55. The van der Waals surface area contributed by atoms with Crippen molar-refractivity contribution < 1.29 is 10.2 Å². The van der Waals surface area contributed by atoms with Crippen LogP contribution in [0.5, 0.6) is 11.5 Å². The lowest BCUT2D eigenvalue weighted by Gasteiger charge is -2.33. The van der Waals surface area contributed by atoms with Gasteiger partial charge in [0.15, 0.2) is 0 Å². The van der Waals surface area contributed by atoms with Gasteiger partial charge in [-0.1, -0.05) is 104 Å². The van der Waals surface area contributed by atoms with Gasteiger partial charge in [0.05, 0.1) is 0 Å². The van der Waals surface area contributed by atoms with Gasteiger partial charge in [0.1, 0.15) is 11.5 Å². The van der Waals surface area contributed by atoms with E-state index in [1.807, 2.05) is 18.2 Å². The molecule has 4 aromatic carbocycles. The zero-order valence-corrected chi connectivity index (χ0v) is 22.7. The molecule has 0 aliphatic rings. The third-order valence-electron chi connectivity index (χ3n) is 7.07. The zero-order valence-electron chi connectivity index (χ0n) is 22.7. The molecule has 2 heteroatoms. The summed E-state index contributed by atoms with van der Waals surface area (Å²) in [7, 11) is 0. The van der Waals surface area contributed by atoms with Crippen molar-refractivity contribution in [3.63, 3.8) is 0 Å². The van der Waals surface area contributed by atoms with Gasteiger partial charge in [0.2, 0.25) is 0 Å². The number of benzene rings is 4. The third kappa shape index (κ3) is 6.78. The second-order valence-electron chi connectivity index (χ2n) is 12.4. The van der Waals surface area contributed by atoms with Crippen molar-refractivity contribution >= 4 is 21.5 Å². The number of aromatic hydroxyl groups is 2. The van der Waals surface area contributed by atoms with Crippen molar-refractivity contribution in [1.29, 1.82) is 0 Å². The number of hydrogen-bond acceptors (Lipinski definition) is 2. The normalized spacial score (nSPS) is 12.5. The van der Waals surface area contributed by atoms with Crippen molar-refractivity contribution in [1.82, 2.24) is 0 Å². The van der Waals surface area contributed by atoms with Crippen LogP contribution in [0.2, 0.25) is 0 Å². The highest BCUT2D eigenvalue weighted by molar-refractivity contribution is 5.85. The molecule has 4 rings (SSSR count). The van der Waals surface area contributed by atoms with Gasteiger partial charge >= 0.3 is 0 Å². The minimum absolute atomic E-state index is 0.157. The van der Waals surface area contributed by atoms with Crippen molar-refractivity contribution in [3.05, 3.63) is 83.9 Å². The Morgan fingerprint density at radius 3 is 1.29 bits per heavy atom. The predicted molar refractivity (Wildman–Crippen MR) is 152 cm³/mol. The molecule has 0 saturated carbocycles. The standard InChI is InChI=1S/C18H24O.C15H18O/c1-17(2,3)12-18(4,5)15-8-6-14-11-16(19)9-7-13(14)10-15;1-4-15(2,3)13-7-5-12-10-14(16)8-6-11(12)9-13/h6-11,19H,12H2,1-5H3;5-10,16H,4H2,1-3H3. The fraction of sp³-hybridized carbons (Fsp3) is 0.394. The molecule has 0 aliphatic heterocycles. The van der Waals surface area contributed by atoms with Crippen LogP contribution in [0.3, 0.4) is 0 Å². The molecule has 0 atom stereocenters. The molecule has 2 nitrogen and oxygen atoms in total. The summed E-state index contributed by atoms with van der Waals surface area (Å²) >= 11 is 0. The van der Waals surface area contributed by atoms with Gasteiger partial charge < -0.3 is 10.2 Å². The SMILES string of the molecule is CC(C)(C)CC(C)(C)c1ccc2cc(O)ccc2c1.CCC(C)(C)c1ccc2cc(O)ccc2c1. The van der Waals surface area contributed by atoms with Gasteiger partial charge in [0, 0.05) is 0 Å². The zero-order chi connectivity index (χ0) is 26.0. The molecule has 0 amide bonds. The molecule has 0 saturated heterocycles. The summed E-state index contributed by atoms with van der Waals surface area (Å²) in [4.78, 5) is 0. The molecule has 0 radical (unpaired) electrons. The second kappa shape index (κ2) is 9.93. The summed E-state index contributed by atoms with van der Waals surface area (Å²) in [5, 5.41) is 23.5. The van der Waals surface area contributed by atoms with Crippen LogP contribution < -0.4 is 0 Å². The highest BCUT2D eigenvalue weighted by Crippen LogP contribution is 2.37. The van der Waals surface area contributed by atoms with E-state index in [9.17, 15) is 10.2 Å². The van der Waals surface area contributed by atoms with E-state index in [-0.39, 0.29) is 10.8 Å². The fourth-order valence-corrected chi connectivity index (χ4v) is 4.94. The van der Waals surface area contributed by atoms with Crippen LogP contribution in [0, 0.1) is 5.41 Å². The summed E-state index contributed by atoms with van der Waals surface area (Å²) in [5.74, 6) is 0.657. The minimum Gasteiger partial charge on any atom is -0.508 e. The largest absolute Gasteiger partial charge is 0.508 e. The first-order valence-corrected chi connectivity index (χ1v) is 12.7. The molecule has 0 heterocycles. The second-order valence-corrected chi connectivity index (χ2v) is 12.4. The van der Waals surface area contributed by atoms with Gasteiger partial charge in [0.25, 0.3) is 0 Å². The summed E-state index contributed by atoms with van der Waals surface area (Å²) in [6.07, 6.45) is 2.26. The molecule has 0 spiro atoms. The van der Waals surface area contributed by atoms with E-state index < -0.39 is 0 Å². The van der Waals surface area contributed by atoms with E-state index in [2.05, 4.69) is 91.8 Å². The van der Waals surface area contributed by atoms with Crippen LogP contribution >= 0.6 is 0 Å². The van der Waals surface area contributed by atoms with Gasteiger partial charge in [-0.25, -0.2) is 0 Å². The van der Waals surface area contributed by atoms with E-state index in [1.165, 1.54) is 21.9 Å². The Morgan fingerprint density at radius 1 is 0.514 bits per heavy atom. The van der Waals surface area contributed by atoms with E-state index in [0.717, 1.165) is 23.6 Å². The Hall–Kier alpha value is -3.00. The van der Waals surface area contributed by atoms with Crippen molar-refractivity contribution in [2.45, 2.75) is 79.1 Å². The van der Waals surface area contributed by atoms with Crippen LogP contribution in [0.1, 0.15) is 79.4 Å². The minimum atomic E-state index is 0.157. The lowest BCUT2D eigenvalue weighted by Crippen LogP contribution is -2.24. The molecule has 0 bridgehead atoms. The molecular formula is C33H42O2. The molecule has 0 aromatic heterocycles. The first kappa shape index (κ1) is 26.6. The average Bonchev–Trinajstić information content (AvgIpc) is 2.77. The predicted octanol–water partition coefficient (Wildman–Crippen LogP) is 9.49. The van der Waals surface area contributed by atoms with Gasteiger partial charge in [-0.3, -0.25) is 0 Å². The first-order chi connectivity index (χ1) is 16.2. The Labute approximate surface area is 211 Å².